The van der Waals surface area contributed by atoms with Crippen molar-refractivity contribution >= 4 is 23.5 Å². The Labute approximate surface area is 188 Å². The van der Waals surface area contributed by atoms with Gasteiger partial charge in [-0.15, -0.1) is 0 Å². The molecule has 1 amide bonds. The van der Waals surface area contributed by atoms with Crippen molar-refractivity contribution in [3.05, 3.63) is 83.3 Å². The molecule has 1 unspecified atom stereocenters. The number of amides is 1. The van der Waals surface area contributed by atoms with E-state index in [1.165, 1.54) is 46.2 Å². The van der Waals surface area contributed by atoms with Gasteiger partial charge in [-0.1, -0.05) is 24.3 Å². The van der Waals surface area contributed by atoms with Crippen LogP contribution in [0.25, 0.3) is 0 Å². The first-order chi connectivity index (χ1) is 15.9. The molecule has 1 aliphatic heterocycles. The average molecular weight is 453 g/mol. The van der Waals surface area contributed by atoms with E-state index < -0.39 is 29.6 Å². The molecule has 1 aromatic heterocycles. The van der Waals surface area contributed by atoms with Gasteiger partial charge in [-0.3, -0.25) is 4.79 Å². The van der Waals surface area contributed by atoms with Gasteiger partial charge in [0.15, 0.2) is 0 Å². The van der Waals surface area contributed by atoms with Crippen molar-refractivity contribution in [3.8, 4) is 0 Å². The van der Waals surface area contributed by atoms with Crippen molar-refractivity contribution < 1.29 is 23.1 Å². The van der Waals surface area contributed by atoms with Crippen molar-refractivity contribution in [3.63, 3.8) is 0 Å². The monoisotopic (exact) mass is 453 g/mol. The topological polar surface area (TPSA) is 89.3 Å². The van der Waals surface area contributed by atoms with E-state index in [2.05, 4.69) is 15.4 Å². The normalized spacial score (nSPS) is 15.3. The number of para-hydroxylation sites is 1. The fraction of sp³-hybridized carbons (Fsp3) is 0.217. The second kappa shape index (κ2) is 9.19. The van der Waals surface area contributed by atoms with Crippen LogP contribution in [0.2, 0.25) is 0 Å². The summed E-state index contributed by atoms with van der Waals surface area (Å²) in [5, 5.41) is 6.78. The molecule has 170 valence electrons. The summed E-state index contributed by atoms with van der Waals surface area (Å²) in [6, 6.07) is 10.8. The van der Waals surface area contributed by atoms with Crippen LogP contribution < -0.4 is 10.2 Å². The summed E-state index contributed by atoms with van der Waals surface area (Å²) < 4.78 is 34.3. The van der Waals surface area contributed by atoms with Crippen LogP contribution in [0.15, 0.2) is 66.1 Å². The van der Waals surface area contributed by atoms with E-state index in [-0.39, 0.29) is 24.4 Å². The summed E-state index contributed by atoms with van der Waals surface area (Å²) in [6.07, 6.45) is 1.30. The molecule has 4 rings (SSSR count). The summed E-state index contributed by atoms with van der Waals surface area (Å²) in [5.41, 5.74) is 1.30. The molecule has 0 aliphatic carbocycles. The highest BCUT2D eigenvalue weighted by atomic mass is 19.1. The van der Waals surface area contributed by atoms with E-state index in [0.717, 1.165) is 0 Å². The molecule has 0 saturated heterocycles. The zero-order chi connectivity index (χ0) is 23.5. The lowest BCUT2D eigenvalue weighted by molar-refractivity contribution is -0.139. The lowest BCUT2D eigenvalue weighted by Gasteiger charge is -2.35. The van der Waals surface area contributed by atoms with E-state index in [9.17, 15) is 18.4 Å². The molecule has 0 saturated carbocycles. The summed E-state index contributed by atoms with van der Waals surface area (Å²) >= 11 is 0. The fourth-order valence-electron chi connectivity index (χ4n) is 3.74. The Balaban J connectivity index is 1.74. The fourth-order valence-corrected chi connectivity index (χ4v) is 3.74. The first-order valence-electron chi connectivity index (χ1n) is 10.3. The van der Waals surface area contributed by atoms with Crippen LogP contribution in [-0.2, 0) is 14.3 Å². The van der Waals surface area contributed by atoms with Gasteiger partial charge in [0.05, 0.1) is 17.9 Å². The predicted octanol–water partition coefficient (Wildman–Crippen LogP) is 3.44. The van der Waals surface area contributed by atoms with Gasteiger partial charge in [-0.05, 0) is 43.7 Å². The molecular weight excluding hydrogens is 432 g/mol. The van der Waals surface area contributed by atoms with Crippen LogP contribution in [0.4, 0.5) is 20.4 Å². The van der Waals surface area contributed by atoms with E-state index in [0.29, 0.717) is 17.2 Å². The number of benzene rings is 2. The smallest absolute Gasteiger partial charge is 0.338 e. The number of anilines is 2. The highest BCUT2D eigenvalue weighted by Gasteiger charge is 2.38. The number of ether oxygens (including phenoxy) is 1. The molecule has 10 heteroatoms. The molecule has 0 spiro atoms. The first-order valence-corrected chi connectivity index (χ1v) is 10.3. The Hall–Kier alpha value is -4.08. The maximum atomic E-state index is 14.0. The largest absolute Gasteiger partial charge is 0.463 e. The third-order valence-electron chi connectivity index (χ3n) is 5.24. The average Bonchev–Trinajstić information content (AvgIpc) is 3.27. The summed E-state index contributed by atoms with van der Waals surface area (Å²) in [7, 11) is 0. The Morgan fingerprint density at radius 2 is 1.85 bits per heavy atom. The Morgan fingerprint density at radius 1 is 1.12 bits per heavy atom. The van der Waals surface area contributed by atoms with Crippen LogP contribution in [0.1, 0.15) is 25.5 Å². The molecule has 2 heterocycles. The second-order valence-corrected chi connectivity index (χ2v) is 7.29. The molecule has 1 atom stereocenters. The van der Waals surface area contributed by atoms with E-state index in [1.807, 2.05) is 0 Å². The van der Waals surface area contributed by atoms with Crippen LogP contribution in [0, 0.1) is 11.6 Å². The third-order valence-corrected chi connectivity index (χ3v) is 5.24. The van der Waals surface area contributed by atoms with Gasteiger partial charge in [0.1, 0.15) is 30.5 Å². The van der Waals surface area contributed by atoms with Crippen LogP contribution in [0.5, 0.6) is 0 Å². The molecule has 0 bridgehead atoms. The molecule has 2 aromatic carbocycles. The number of rotatable bonds is 6. The van der Waals surface area contributed by atoms with Crippen LogP contribution in [0.3, 0.4) is 0 Å². The molecule has 1 N–H and O–H groups in total. The maximum absolute atomic E-state index is 14.0. The van der Waals surface area contributed by atoms with Gasteiger partial charge in [-0.2, -0.15) is 10.1 Å². The van der Waals surface area contributed by atoms with Crippen LogP contribution >= 0.6 is 0 Å². The number of hydrogen-bond donors (Lipinski definition) is 1. The number of carbonyl (C=O) groups is 2. The summed E-state index contributed by atoms with van der Waals surface area (Å²) in [6.45, 7) is 3.24. The van der Waals surface area contributed by atoms with Crippen molar-refractivity contribution in [2.24, 2.45) is 0 Å². The predicted molar refractivity (Wildman–Crippen MR) is 116 cm³/mol. The molecule has 0 fully saturated rings. The van der Waals surface area contributed by atoms with Gasteiger partial charge in [-0.25, -0.2) is 18.3 Å². The van der Waals surface area contributed by atoms with Gasteiger partial charge in [0.2, 0.25) is 11.9 Å². The highest BCUT2D eigenvalue weighted by molar-refractivity contribution is 5.96. The van der Waals surface area contributed by atoms with Crippen molar-refractivity contribution in [1.82, 2.24) is 14.8 Å². The SMILES string of the molecule is CCOC(=O)C1=C(C)N(CC(=O)Nc2ccccc2F)c2ncnn2C1c1ccc(F)cc1. The van der Waals surface area contributed by atoms with Crippen molar-refractivity contribution in [1.29, 1.82) is 0 Å². The molecule has 0 radical (unpaired) electrons. The van der Waals surface area contributed by atoms with E-state index in [4.69, 9.17) is 4.74 Å². The summed E-state index contributed by atoms with van der Waals surface area (Å²) in [5.74, 6) is -1.79. The van der Waals surface area contributed by atoms with E-state index in [1.54, 1.807) is 32.0 Å². The van der Waals surface area contributed by atoms with Gasteiger partial charge in [0, 0.05) is 5.70 Å². The first kappa shape index (κ1) is 22.1. The molecule has 33 heavy (non-hydrogen) atoms. The number of nitrogens with one attached hydrogen (secondary N) is 1. The van der Waals surface area contributed by atoms with Crippen molar-refractivity contribution in [2.75, 3.05) is 23.4 Å². The van der Waals surface area contributed by atoms with Crippen molar-refractivity contribution in [2.45, 2.75) is 19.9 Å². The van der Waals surface area contributed by atoms with Gasteiger partial charge >= 0.3 is 5.97 Å². The zero-order valence-electron chi connectivity index (χ0n) is 18.0. The minimum Gasteiger partial charge on any atom is -0.463 e. The maximum Gasteiger partial charge on any atom is 0.338 e. The number of carbonyl (C=O) groups excluding carboxylic acids is 2. The van der Waals surface area contributed by atoms with Crippen LogP contribution in [-0.4, -0.2) is 39.8 Å². The number of esters is 1. The number of fused-ring (bicyclic) bond motifs is 1. The quantitative estimate of drug-likeness (QED) is 0.575. The Bertz CT molecular complexity index is 1220. The number of aromatic nitrogens is 3. The zero-order valence-corrected chi connectivity index (χ0v) is 18.0. The number of allylic oxidation sites excluding steroid dienone is 1. The van der Waals surface area contributed by atoms with Gasteiger partial charge < -0.3 is 15.0 Å². The minimum absolute atomic E-state index is 0.0393. The minimum atomic E-state index is -0.729. The molecular formula is C23H21F2N5O3. The van der Waals surface area contributed by atoms with E-state index >= 15 is 0 Å². The number of halogens is 2. The molecule has 3 aromatic rings. The highest BCUT2D eigenvalue weighted by Crippen LogP contribution is 2.38. The summed E-state index contributed by atoms with van der Waals surface area (Å²) in [4.78, 5) is 31.5. The Kier molecular flexibility index (Phi) is 6.16. The number of hydrogen-bond acceptors (Lipinski definition) is 6. The third kappa shape index (κ3) is 4.32. The lowest BCUT2D eigenvalue weighted by Crippen LogP contribution is -2.41. The molecule has 1 aliphatic rings. The number of nitrogens with zero attached hydrogens (tertiary/aromatic N) is 4. The van der Waals surface area contributed by atoms with Gasteiger partial charge in [0.25, 0.3) is 0 Å². The Morgan fingerprint density at radius 3 is 2.55 bits per heavy atom. The second-order valence-electron chi connectivity index (χ2n) is 7.29. The standard InChI is InChI=1S/C23H21F2N5O3/c1-3-33-22(32)20-14(2)29(12-19(31)28-18-7-5-4-6-17(18)25)23-26-13-27-30(23)21(20)15-8-10-16(24)11-9-15/h4-11,13,21H,3,12H2,1-2H3,(H,28,31). The molecule has 8 nitrogen and oxygen atoms in total. The lowest BCUT2D eigenvalue weighted by atomic mass is 9.95.